The highest BCUT2D eigenvalue weighted by atomic mass is 14.8. The quantitative estimate of drug-likeness (QED) is 0.731. The third-order valence-corrected chi connectivity index (χ3v) is 3.27. The monoisotopic (exact) mass is 233 g/mol. The maximum absolute atomic E-state index is 3.52. The third-order valence-electron chi connectivity index (χ3n) is 3.27. The van der Waals surface area contributed by atoms with E-state index in [1.54, 1.807) is 0 Å². The minimum absolute atomic E-state index is 0.648. The number of hydrogen-bond donors (Lipinski definition) is 1. The summed E-state index contributed by atoms with van der Waals surface area (Å²) in [5, 5.41) is 3.52. The van der Waals surface area contributed by atoms with Crippen molar-refractivity contribution in [2.24, 2.45) is 5.92 Å². The smallest absolute Gasteiger partial charge is 0.00258 e. The van der Waals surface area contributed by atoms with E-state index in [1.165, 1.54) is 23.1 Å². The summed E-state index contributed by atoms with van der Waals surface area (Å²) in [6.45, 7) is 13.5. The highest BCUT2D eigenvalue weighted by Gasteiger charge is 2.08. The summed E-state index contributed by atoms with van der Waals surface area (Å²) >= 11 is 0. The Kier molecular flexibility index (Phi) is 5.70. The van der Waals surface area contributed by atoms with E-state index >= 15 is 0 Å². The van der Waals surface area contributed by atoms with Gasteiger partial charge in [0.15, 0.2) is 0 Å². The molecule has 0 fully saturated rings. The standard InChI is InChI=1S/C16H27N/c1-12(2)11-17-9-8-15(5)16-10-13(3)6-7-14(16)4/h6-7,10,12,15,17H,8-9,11H2,1-5H3. The Bertz CT molecular complexity index is 341. The molecule has 0 saturated carbocycles. The van der Waals surface area contributed by atoms with E-state index in [0.717, 1.165) is 19.0 Å². The first-order valence-electron chi connectivity index (χ1n) is 6.78. The van der Waals surface area contributed by atoms with Crippen molar-refractivity contribution in [1.82, 2.24) is 5.32 Å². The highest BCUT2D eigenvalue weighted by molar-refractivity contribution is 5.32. The van der Waals surface area contributed by atoms with Gasteiger partial charge in [-0.05, 0) is 56.3 Å². The lowest BCUT2D eigenvalue weighted by molar-refractivity contribution is 0.524. The van der Waals surface area contributed by atoms with E-state index in [4.69, 9.17) is 0 Å². The molecule has 0 amide bonds. The van der Waals surface area contributed by atoms with Crippen LogP contribution in [0.25, 0.3) is 0 Å². The molecule has 96 valence electrons. The van der Waals surface area contributed by atoms with Gasteiger partial charge in [0.2, 0.25) is 0 Å². The van der Waals surface area contributed by atoms with Gasteiger partial charge >= 0.3 is 0 Å². The van der Waals surface area contributed by atoms with Crippen LogP contribution in [0.3, 0.4) is 0 Å². The second-order valence-electron chi connectivity index (χ2n) is 5.65. The molecule has 1 aromatic carbocycles. The highest BCUT2D eigenvalue weighted by Crippen LogP contribution is 2.23. The van der Waals surface area contributed by atoms with Gasteiger partial charge in [-0.3, -0.25) is 0 Å². The first-order valence-corrected chi connectivity index (χ1v) is 6.78. The van der Waals surface area contributed by atoms with Crippen molar-refractivity contribution in [3.63, 3.8) is 0 Å². The molecule has 1 unspecified atom stereocenters. The summed E-state index contributed by atoms with van der Waals surface area (Å²) in [6, 6.07) is 6.77. The third kappa shape index (κ3) is 4.91. The van der Waals surface area contributed by atoms with Crippen molar-refractivity contribution < 1.29 is 0 Å². The van der Waals surface area contributed by atoms with Crippen molar-refractivity contribution in [3.8, 4) is 0 Å². The van der Waals surface area contributed by atoms with E-state index in [0.29, 0.717) is 5.92 Å². The number of aryl methyl sites for hydroxylation is 2. The van der Waals surface area contributed by atoms with Crippen molar-refractivity contribution in [3.05, 3.63) is 34.9 Å². The van der Waals surface area contributed by atoms with Gasteiger partial charge in [-0.25, -0.2) is 0 Å². The topological polar surface area (TPSA) is 12.0 Å². The van der Waals surface area contributed by atoms with Crippen molar-refractivity contribution >= 4 is 0 Å². The largest absolute Gasteiger partial charge is 0.316 e. The van der Waals surface area contributed by atoms with Crippen LogP contribution in [0.4, 0.5) is 0 Å². The molecule has 0 aliphatic carbocycles. The summed E-state index contributed by atoms with van der Waals surface area (Å²) in [7, 11) is 0. The summed E-state index contributed by atoms with van der Waals surface area (Å²) in [5.74, 6) is 1.39. The van der Waals surface area contributed by atoms with Gasteiger partial charge in [0.25, 0.3) is 0 Å². The van der Waals surface area contributed by atoms with Crippen molar-refractivity contribution in [2.45, 2.75) is 47.0 Å². The molecule has 1 nitrogen and oxygen atoms in total. The fourth-order valence-corrected chi connectivity index (χ4v) is 2.16. The summed E-state index contributed by atoms with van der Waals surface area (Å²) in [4.78, 5) is 0. The number of benzene rings is 1. The lowest BCUT2D eigenvalue weighted by Crippen LogP contribution is -2.21. The van der Waals surface area contributed by atoms with Crippen LogP contribution in [-0.2, 0) is 0 Å². The van der Waals surface area contributed by atoms with Crippen molar-refractivity contribution in [2.75, 3.05) is 13.1 Å². The molecule has 0 spiro atoms. The van der Waals surface area contributed by atoms with Crippen LogP contribution in [0.15, 0.2) is 18.2 Å². The van der Waals surface area contributed by atoms with Gasteiger partial charge in [0.1, 0.15) is 0 Å². The predicted octanol–water partition coefficient (Wildman–Crippen LogP) is 4.04. The van der Waals surface area contributed by atoms with Crippen LogP contribution in [0.1, 0.15) is 49.8 Å². The van der Waals surface area contributed by atoms with E-state index in [-0.39, 0.29) is 0 Å². The molecule has 0 radical (unpaired) electrons. The molecular formula is C16H27N. The normalized spacial score (nSPS) is 13.1. The minimum atomic E-state index is 0.648. The Hall–Kier alpha value is -0.820. The maximum Gasteiger partial charge on any atom is -0.00258 e. The van der Waals surface area contributed by atoms with Crippen LogP contribution in [0.5, 0.6) is 0 Å². The molecule has 0 saturated heterocycles. The molecule has 1 atom stereocenters. The van der Waals surface area contributed by atoms with Gasteiger partial charge in [0, 0.05) is 0 Å². The van der Waals surface area contributed by atoms with Crippen LogP contribution >= 0.6 is 0 Å². The molecule has 0 heterocycles. The Morgan fingerprint density at radius 2 is 1.82 bits per heavy atom. The number of hydrogen-bond acceptors (Lipinski definition) is 1. The lowest BCUT2D eigenvalue weighted by atomic mass is 9.92. The zero-order chi connectivity index (χ0) is 12.8. The van der Waals surface area contributed by atoms with E-state index in [2.05, 4.69) is 58.1 Å². The molecular weight excluding hydrogens is 206 g/mol. The average Bonchev–Trinajstić information content (AvgIpc) is 2.27. The molecule has 0 bridgehead atoms. The van der Waals surface area contributed by atoms with E-state index in [1.807, 2.05) is 0 Å². The number of rotatable bonds is 6. The zero-order valence-corrected chi connectivity index (χ0v) is 12.0. The molecule has 0 aromatic heterocycles. The molecule has 1 rings (SSSR count). The van der Waals surface area contributed by atoms with E-state index < -0.39 is 0 Å². The van der Waals surface area contributed by atoms with Crippen LogP contribution in [0, 0.1) is 19.8 Å². The lowest BCUT2D eigenvalue weighted by Gasteiger charge is -2.16. The Morgan fingerprint density at radius 1 is 1.12 bits per heavy atom. The fraction of sp³-hybridized carbons (Fsp3) is 0.625. The Labute approximate surface area is 107 Å². The van der Waals surface area contributed by atoms with Crippen molar-refractivity contribution in [1.29, 1.82) is 0 Å². The van der Waals surface area contributed by atoms with Crippen LogP contribution in [0.2, 0.25) is 0 Å². The van der Waals surface area contributed by atoms with Gasteiger partial charge in [-0.1, -0.05) is 44.5 Å². The maximum atomic E-state index is 3.52. The second kappa shape index (κ2) is 6.80. The molecule has 1 aromatic rings. The summed E-state index contributed by atoms with van der Waals surface area (Å²) < 4.78 is 0. The Balaban J connectivity index is 2.46. The molecule has 1 heteroatoms. The van der Waals surface area contributed by atoms with Crippen LogP contribution < -0.4 is 5.32 Å². The fourth-order valence-electron chi connectivity index (χ4n) is 2.16. The van der Waals surface area contributed by atoms with Gasteiger partial charge < -0.3 is 5.32 Å². The summed E-state index contributed by atoms with van der Waals surface area (Å²) in [5.41, 5.74) is 4.30. The molecule has 0 aliphatic rings. The number of nitrogens with one attached hydrogen (secondary N) is 1. The van der Waals surface area contributed by atoms with Crippen LogP contribution in [-0.4, -0.2) is 13.1 Å². The molecule has 17 heavy (non-hydrogen) atoms. The first kappa shape index (κ1) is 14.2. The van der Waals surface area contributed by atoms with Gasteiger partial charge in [-0.2, -0.15) is 0 Å². The first-order chi connectivity index (χ1) is 8.00. The minimum Gasteiger partial charge on any atom is -0.316 e. The SMILES string of the molecule is Cc1ccc(C)c(C(C)CCNCC(C)C)c1. The Morgan fingerprint density at radius 3 is 2.47 bits per heavy atom. The summed E-state index contributed by atoms with van der Waals surface area (Å²) in [6.07, 6.45) is 1.22. The van der Waals surface area contributed by atoms with Gasteiger partial charge in [0.05, 0.1) is 0 Å². The second-order valence-corrected chi connectivity index (χ2v) is 5.65. The average molecular weight is 233 g/mol. The predicted molar refractivity (Wildman–Crippen MR) is 76.7 cm³/mol. The molecule has 0 aliphatic heterocycles. The van der Waals surface area contributed by atoms with Gasteiger partial charge in [-0.15, -0.1) is 0 Å². The zero-order valence-electron chi connectivity index (χ0n) is 12.0. The molecule has 1 N–H and O–H groups in total. The van der Waals surface area contributed by atoms with E-state index in [9.17, 15) is 0 Å².